The lowest BCUT2D eigenvalue weighted by Crippen LogP contribution is -1.96. The van der Waals surface area contributed by atoms with Crippen LogP contribution in [0.25, 0.3) is 10.2 Å². The summed E-state index contributed by atoms with van der Waals surface area (Å²) in [5.74, 6) is -0.216. The average Bonchev–Trinajstić information content (AvgIpc) is 2.97. The molecule has 2 heterocycles. The summed E-state index contributed by atoms with van der Waals surface area (Å²) in [6.07, 6.45) is 2.58. The summed E-state index contributed by atoms with van der Waals surface area (Å²) >= 11 is 3.31. The van der Waals surface area contributed by atoms with E-state index in [-0.39, 0.29) is 0 Å². The third-order valence-corrected chi connectivity index (χ3v) is 5.51. The maximum atomic E-state index is 11.0. The number of benzene rings is 1. The van der Waals surface area contributed by atoms with Crippen LogP contribution >= 0.6 is 23.1 Å². The van der Waals surface area contributed by atoms with Crippen molar-refractivity contribution in [2.75, 3.05) is 0 Å². The van der Waals surface area contributed by atoms with E-state index in [1.54, 1.807) is 47.6 Å². The largest absolute Gasteiger partial charge is 0.478 e. The van der Waals surface area contributed by atoms with Crippen molar-refractivity contribution in [2.45, 2.75) is 24.1 Å². The fourth-order valence-corrected chi connectivity index (χ4v) is 4.03. The van der Waals surface area contributed by atoms with Crippen molar-refractivity contribution >= 4 is 39.3 Å². The van der Waals surface area contributed by atoms with Crippen LogP contribution in [-0.4, -0.2) is 21.0 Å². The van der Waals surface area contributed by atoms with Crippen molar-refractivity contribution in [3.8, 4) is 0 Å². The molecule has 0 atom stereocenters. The van der Waals surface area contributed by atoms with Gasteiger partial charge in [-0.15, -0.1) is 23.1 Å². The summed E-state index contributed by atoms with van der Waals surface area (Å²) in [6.45, 7) is 2.13. The molecule has 3 aromatic rings. The van der Waals surface area contributed by atoms with Gasteiger partial charge in [0.25, 0.3) is 0 Å². The molecule has 0 aliphatic rings. The third kappa shape index (κ3) is 3.13. The van der Waals surface area contributed by atoms with Crippen LogP contribution in [0.1, 0.15) is 27.7 Å². The lowest BCUT2D eigenvalue weighted by atomic mass is 10.1. The third-order valence-electron chi connectivity index (χ3n) is 3.24. The molecule has 0 bridgehead atoms. The molecule has 3 rings (SSSR count). The Morgan fingerprint density at radius 2 is 2.18 bits per heavy atom. The Morgan fingerprint density at radius 1 is 1.32 bits per heavy atom. The minimum absolute atomic E-state index is 0.315. The van der Waals surface area contributed by atoms with Crippen molar-refractivity contribution in [1.29, 1.82) is 0 Å². The fourth-order valence-electron chi connectivity index (χ4n) is 2.12. The fraction of sp³-hybridized carbons (Fsp3) is 0.188. The van der Waals surface area contributed by atoms with E-state index < -0.39 is 5.97 Å². The first-order valence-electron chi connectivity index (χ1n) is 6.86. The number of aromatic nitrogens is 2. The van der Waals surface area contributed by atoms with Gasteiger partial charge in [-0.2, -0.15) is 0 Å². The number of thiophene rings is 1. The minimum atomic E-state index is -0.901. The molecule has 6 heteroatoms. The number of carboxylic acids is 1. The zero-order valence-corrected chi connectivity index (χ0v) is 13.6. The molecule has 4 nitrogen and oxygen atoms in total. The first-order valence-corrected chi connectivity index (χ1v) is 8.66. The molecular formula is C16H14N2O2S2. The number of nitrogens with zero attached hydrogens (tertiary/aromatic N) is 2. The number of aryl methyl sites for hydroxylation is 1. The van der Waals surface area contributed by atoms with E-state index in [4.69, 9.17) is 5.11 Å². The van der Waals surface area contributed by atoms with Gasteiger partial charge in [0.1, 0.15) is 16.2 Å². The van der Waals surface area contributed by atoms with E-state index in [9.17, 15) is 4.79 Å². The number of hydrogen-bond acceptors (Lipinski definition) is 5. The van der Waals surface area contributed by atoms with Crippen LogP contribution in [0.2, 0.25) is 0 Å². The topological polar surface area (TPSA) is 63.1 Å². The van der Waals surface area contributed by atoms with Gasteiger partial charge in [0.05, 0.1) is 5.56 Å². The van der Waals surface area contributed by atoms with Crippen LogP contribution in [0.3, 0.4) is 0 Å². The van der Waals surface area contributed by atoms with E-state index in [2.05, 4.69) is 23.0 Å². The number of aromatic carboxylic acids is 1. The normalized spacial score (nSPS) is 11.0. The van der Waals surface area contributed by atoms with Gasteiger partial charge >= 0.3 is 5.97 Å². The predicted molar refractivity (Wildman–Crippen MR) is 89.8 cm³/mol. The Hall–Kier alpha value is -1.92. The molecule has 0 fully saturated rings. The van der Waals surface area contributed by atoms with Crippen molar-refractivity contribution in [3.63, 3.8) is 0 Å². The molecule has 2 aromatic heterocycles. The molecule has 0 saturated heterocycles. The molecule has 0 radical (unpaired) electrons. The van der Waals surface area contributed by atoms with Crippen LogP contribution in [0.5, 0.6) is 0 Å². The number of fused-ring (bicyclic) bond motifs is 1. The Kier molecular flexibility index (Phi) is 4.40. The highest BCUT2D eigenvalue weighted by atomic mass is 32.2. The number of rotatable bonds is 5. The molecule has 112 valence electrons. The van der Waals surface area contributed by atoms with E-state index in [0.29, 0.717) is 11.3 Å². The Balaban J connectivity index is 1.83. The quantitative estimate of drug-likeness (QED) is 0.560. The maximum Gasteiger partial charge on any atom is 0.335 e. The summed E-state index contributed by atoms with van der Waals surface area (Å²) in [5, 5.41) is 11.1. The maximum absolute atomic E-state index is 11.0. The standard InChI is InChI=1S/C16H14N2O2S2/c1-2-12-7-13-14(17-9-18-15(13)22-12)21-8-10-4-3-5-11(6-10)16(19)20/h3-7,9H,2,8H2,1H3,(H,19,20). The van der Waals surface area contributed by atoms with E-state index in [1.165, 1.54) is 4.88 Å². The highest BCUT2D eigenvalue weighted by Gasteiger charge is 2.09. The molecule has 1 N–H and O–H groups in total. The first kappa shape index (κ1) is 15.0. The SMILES string of the molecule is CCc1cc2c(SCc3cccc(C(=O)O)c3)ncnc2s1. The summed E-state index contributed by atoms with van der Waals surface area (Å²) in [7, 11) is 0. The smallest absolute Gasteiger partial charge is 0.335 e. The molecule has 0 amide bonds. The molecule has 0 aliphatic heterocycles. The van der Waals surface area contributed by atoms with E-state index in [1.807, 2.05) is 6.07 Å². The monoisotopic (exact) mass is 330 g/mol. The van der Waals surface area contributed by atoms with Gasteiger partial charge in [-0.25, -0.2) is 14.8 Å². The number of carboxylic acid groups (broad SMARTS) is 1. The van der Waals surface area contributed by atoms with Gasteiger partial charge < -0.3 is 5.11 Å². The Morgan fingerprint density at radius 3 is 2.95 bits per heavy atom. The highest BCUT2D eigenvalue weighted by Crippen LogP contribution is 2.32. The summed E-state index contributed by atoms with van der Waals surface area (Å²) in [6, 6.07) is 9.16. The van der Waals surface area contributed by atoms with Crippen molar-refractivity contribution in [2.24, 2.45) is 0 Å². The van der Waals surface area contributed by atoms with Gasteiger partial charge in [-0.05, 0) is 30.2 Å². The lowest BCUT2D eigenvalue weighted by Gasteiger charge is -2.03. The highest BCUT2D eigenvalue weighted by molar-refractivity contribution is 7.98. The van der Waals surface area contributed by atoms with Crippen molar-refractivity contribution < 1.29 is 9.90 Å². The van der Waals surface area contributed by atoms with Gasteiger partial charge in [-0.1, -0.05) is 19.1 Å². The second-order valence-electron chi connectivity index (χ2n) is 4.76. The first-order chi connectivity index (χ1) is 10.7. The molecule has 0 unspecified atom stereocenters. The second-order valence-corrected chi connectivity index (χ2v) is 6.84. The van der Waals surface area contributed by atoms with Crippen LogP contribution in [0.4, 0.5) is 0 Å². The molecule has 0 aliphatic carbocycles. The predicted octanol–water partition coefficient (Wildman–Crippen LogP) is 4.24. The number of hydrogen-bond donors (Lipinski definition) is 1. The minimum Gasteiger partial charge on any atom is -0.478 e. The van der Waals surface area contributed by atoms with Crippen molar-refractivity contribution in [1.82, 2.24) is 9.97 Å². The van der Waals surface area contributed by atoms with Crippen LogP contribution in [0.15, 0.2) is 41.7 Å². The summed E-state index contributed by atoms with van der Waals surface area (Å²) < 4.78 is 0. The number of carbonyl (C=O) groups is 1. The van der Waals surface area contributed by atoms with E-state index in [0.717, 1.165) is 27.2 Å². The number of thioether (sulfide) groups is 1. The zero-order chi connectivity index (χ0) is 15.5. The summed E-state index contributed by atoms with van der Waals surface area (Å²) in [4.78, 5) is 22.0. The Bertz CT molecular complexity index is 830. The zero-order valence-electron chi connectivity index (χ0n) is 11.9. The lowest BCUT2D eigenvalue weighted by molar-refractivity contribution is 0.0697. The molecule has 0 saturated carbocycles. The molecular weight excluding hydrogens is 316 g/mol. The summed E-state index contributed by atoms with van der Waals surface area (Å²) in [5.41, 5.74) is 1.29. The Labute approximate surface area is 136 Å². The van der Waals surface area contributed by atoms with Crippen LogP contribution < -0.4 is 0 Å². The molecule has 0 spiro atoms. The van der Waals surface area contributed by atoms with Gasteiger partial charge in [0, 0.05) is 16.0 Å². The van der Waals surface area contributed by atoms with Crippen molar-refractivity contribution in [3.05, 3.63) is 52.7 Å². The molecule has 1 aromatic carbocycles. The van der Waals surface area contributed by atoms with E-state index >= 15 is 0 Å². The molecule has 22 heavy (non-hydrogen) atoms. The van der Waals surface area contributed by atoms with Gasteiger partial charge in [0.2, 0.25) is 0 Å². The van der Waals surface area contributed by atoms with Gasteiger partial charge in [-0.3, -0.25) is 0 Å². The second kappa shape index (κ2) is 6.46. The van der Waals surface area contributed by atoms with Crippen LogP contribution in [-0.2, 0) is 12.2 Å². The average molecular weight is 330 g/mol. The van der Waals surface area contributed by atoms with Gasteiger partial charge in [0.15, 0.2) is 0 Å². The van der Waals surface area contributed by atoms with Crippen LogP contribution in [0, 0.1) is 0 Å².